The maximum atomic E-state index is 6.70. The van der Waals surface area contributed by atoms with E-state index in [4.69, 9.17) is 36.9 Å². The first-order valence-corrected chi connectivity index (χ1v) is 14.2. The van der Waals surface area contributed by atoms with Crippen LogP contribution >= 0.6 is 0 Å². The lowest BCUT2D eigenvalue weighted by Gasteiger charge is -2.31. The van der Waals surface area contributed by atoms with Gasteiger partial charge in [0.15, 0.2) is 0 Å². The van der Waals surface area contributed by atoms with Crippen LogP contribution in [0.2, 0.25) is 0 Å². The molecule has 2 aliphatic rings. The lowest BCUT2D eigenvalue weighted by Crippen LogP contribution is -2.50. The van der Waals surface area contributed by atoms with Gasteiger partial charge in [-0.25, -0.2) is 0 Å². The molecular formula is C34H34BO8+. The average Bonchev–Trinajstić information content (AvgIpc) is 3.08. The summed E-state index contributed by atoms with van der Waals surface area (Å²) in [6, 6.07) is 31.1. The zero-order chi connectivity index (χ0) is 29.8. The van der Waals surface area contributed by atoms with Gasteiger partial charge in [-0.1, -0.05) is 24.3 Å². The largest absolute Gasteiger partial charge is 1.16 e. The molecule has 4 aromatic rings. The molecule has 0 aliphatic carbocycles. The summed E-state index contributed by atoms with van der Waals surface area (Å²) in [5.74, 6) is 4.41. The van der Waals surface area contributed by atoms with Crippen LogP contribution in [0.5, 0.6) is 23.0 Å². The number of ether oxygens (including phenoxy) is 4. The van der Waals surface area contributed by atoms with Crippen LogP contribution in [0.25, 0.3) is 0 Å². The van der Waals surface area contributed by atoms with Crippen molar-refractivity contribution in [3.63, 3.8) is 0 Å². The van der Waals surface area contributed by atoms with Gasteiger partial charge in [-0.3, -0.25) is 0 Å². The molecular weight excluding hydrogens is 547 g/mol. The van der Waals surface area contributed by atoms with Crippen LogP contribution in [-0.4, -0.2) is 47.0 Å². The van der Waals surface area contributed by atoms with E-state index >= 15 is 0 Å². The first kappa shape index (κ1) is 28.5. The van der Waals surface area contributed by atoms with Crippen molar-refractivity contribution in [2.75, 3.05) is 28.4 Å². The second-order valence-electron chi connectivity index (χ2n) is 10.3. The van der Waals surface area contributed by atoms with Gasteiger partial charge < -0.3 is 36.9 Å². The third-order valence-corrected chi connectivity index (χ3v) is 7.78. The number of carbonyl (C=O) groups excluding carboxylic acids is 2. The Kier molecular flexibility index (Phi) is 8.18. The number of benzene rings is 4. The summed E-state index contributed by atoms with van der Waals surface area (Å²) < 4.78 is 48.2. The highest BCUT2D eigenvalue weighted by atomic mass is 16.9. The number of hydrogen-bond donors (Lipinski definition) is 0. The molecule has 8 nitrogen and oxygen atoms in total. The zero-order valence-corrected chi connectivity index (χ0v) is 24.6. The molecule has 0 N–H and O–H groups in total. The summed E-state index contributed by atoms with van der Waals surface area (Å²) in [6.45, 7) is -2.75. The molecule has 220 valence electrons. The van der Waals surface area contributed by atoms with Gasteiger partial charge >= 0.3 is 6.96 Å². The normalized spacial score (nSPS) is 21.5. The summed E-state index contributed by atoms with van der Waals surface area (Å²) in [7, 11) is 6.58. The van der Waals surface area contributed by atoms with Crippen LogP contribution in [0.1, 0.15) is 56.0 Å². The molecule has 43 heavy (non-hydrogen) atoms. The third-order valence-electron chi connectivity index (χ3n) is 7.78. The van der Waals surface area contributed by atoms with Crippen molar-refractivity contribution in [1.29, 1.82) is 0 Å². The van der Waals surface area contributed by atoms with E-state index in [0.717, 1.165) is 45.3 Å². The fourth-order valence-electron chi connectivity index (χ4n) is 5.40. The van der Waals surface area contributed by atoms with E-state index in [1.807, 2.05) is 97.1 Å². The highest BCUT2D eigenvalue weighted by Crippen LogP contribution is 2.41. The Labute approximate surface area is 251 Å². The Balaban J connectivity index is 1.47. The van der Waals surface area contributed by atoms with Crippen LogP contribution in [-0.2, 0) is 9.31 Å². The van der Waals surface area contributed by atoms with Crippen molar-refractivity contribution in [3.8, 4) is 23.0 Å². The SMILES string of the molecule is COc1ccc(C2=[O+][B-]3(OC(c4ccc(OC)cc4)C2)OC(c2ccc(OC)cc2)CC(c2ccc(OC)cc2)=[O+]3)cc1. The van der Waals surface area contributed by atoms with E-state index in [9.17, 15) is 0 Å². The van der Waals surface area contributed by atoms with Crippen molar-refractivity contribution < 1.29 is 36.9 Å². The maximum absolute atomic E-state index is 6.70. The molecule has 6 rings (SSSR count). The maximum Gasteiger partial charge on any atom is 1.16 e. The second kappa shape index (κ2) is 12.3. The Morgan fingerprint density at radius 3 is 1.09 bits per heavy atom. The minimum absolute atomic E-state index is 0.413. The molecule has 4 aromatic carbocycles. The third kappa shape index (κ3) is 6.14. The molecule has 0 saturated heterocycles. The first-order valence-electron chi connectivity index (χ1n) is 14.2. The number of methoxy groups -OCH3 is 4. The zero-order valence-electron chi connectivity index (χ0n) is 24.6. The molecule has 0 amide bonds. The van der Waals surface area contributed by atoms with Crippen molar-refractivity contribution >= 4 is 18.5 Å². The smallest absolute Gasteiger partial charge is 0.497 e. The Morgan fingerprint density at radius 2 is 0.791 bits per heavy atom. The molecule has 2 unspecified atom stereocenters. The number of rotatable bonds is 8. The van der Waals surface area contributed by atoms with Crippen molar-refractivity contribution in [1.82, 2.24) is 0 Å². The summed E-state index contributed by atoms with van der Waals surface area (Å²) >= 11 is 0. The van der Waals surface area contributed by atoms with Gasteiger partial charge in [0.25, 0.3) is 11.6 Å². The van der Waals surface area contributed by atoms with Gasteiger partial charge in [-0.05, 0) is 83.9 Å². The summed E-state index contributed by atoms with van der Waals surface area (Å²) in [5, 5.41) is 0. The predicted molar refractivity (Wildman–Crippen MR) is 163 cm³/mol. The molecule has 1 spiro atoms. The van der Waals surface area contributed by atoms with Crippen LogP contribution < -0.4 is 18.9 Å². The van der Waals surface area contributed by atoms with Crippen LogP contribution in [0.3, 0.4) is 0 Å². The predicted octanol–water partition coefficient (Wildman–Crippen LogP) is 6.62. The molecule has 2 aliphatic heterocycles. The van der Waals surface area contributed by atoms with Gasteiger partial charge in [0.05, 0.1) is 64.6 Å². The summed E-state index contributed by atoms with van der Waals surface area (Å²) in [5.41, 5.74) is 3.66. The van der Waals surface area contributed by atoms with Gasteiger partial charge in [-0.2, -0.15) is 0 Å². The number of ketones is 2. The van der Waals surface area contributed by atoms with Crippen molar-refractivity contribution in [2.45, 2.75) is 25.0 Å². The summed E-state index contributed by atoms with van der Waals surface area (Å²) in [4.78, 5) is 0. The number of hydrogen-bond acceptors (Lipinski definition) is 6. The van der Waals surface area contributed by atoms with Gasteiger partial charge in [0.1, 0.15) is 23.0 Å². The molecule has 0 aromatic heterocycles. The minimum Gasteiger partial charge on any atom is -0.497 e. The first-order chi connectivity index (χ1) is 21.0. The Morgan fingerprint density at radius 1 is 0.488 bits per heavy atom. The second-order valence-corrected chi connectivity index (χ2v) is 10.3. The standard InChI is InChI=1S/C34H34BO8/c1-36-27-13-5-23(6-14-27)31-21-32(24-7-15-28(37-2)16-8-24)41-35(40-31)42-33(25-9-17-29(38-3)18-10-25)22-34(43-35)26-11-19-30(39-4)20-12-26/h5-20,31,33H,21-22H2,1-4H3/q+1. The molecule has 2 atom stereocenters. The highest BCUT2D eigenvalue weighted by Gasteiger charge is 2.74. The lowest BCUT2D eigenvalue weighted by atomic mass is 9.89. The molecule has 9 heteroatoms. The molecule has 0 fully saturated rings. The van der Waals surface area contributed by atoms with E-state index in [1.165, 1.54) is 0 Å². The Hall–Kier alpha value is -4.60. The fourth-order valence-corrected chi connectivity index (χ4v) is 5.40. The van der Waals surface area contributed by atoms with E-state index in [0.29, 0.717) is 24.4 Å². The van der Waals surface area contributed by atoms with Crippen LogP contribution in [0.4, 0.5) is 0 Å². The molecule has 0 radical (unpaired) electrons. The van der Waals surface area contributed by atoms with Crippen molar-refractivity contribution in [2.24, 2.45) is 0 Å². The van der Waals surface area contributed by atoms with E-state index in [2.05, 4.69) is 0 Å². The minimum atomic E-state index is -2.75. The average molecular weight is 581 g/mol. The van der Waals surface area contributed by atoms with Gasteiger partial charge in [0.2, 0.25) is 0 Å². The molecule has 0 saturated carbocycles. The quantitative estimate of drug-likeness (QED) is 0.172. The van der Waals surface area contributed by atoms with E-state index in [1.54, 1.807) is 28.4 Å². The van der Waals surface area contributed by atoms with E-state index < -0.39 is 19.2 Å². The highest BCUT2D eigenvalue weighted by molar-refractivity contribution is 6.51. The molecule has 2 heterocycles. The Bertz CT molecular complexity index is 1470. The van der Waals surface area contributed by atoms with Gasteiger partial charge in [-0.15, -0.1) is 0 Å². The van der Waals surface area contributed by atoms with Gasteiger partial charge in [0, 0.05) is 0 Å². The monoisotopic (exact) mass is 581 g/mol. The topological polar surface area (TPSA) is 78.0 Å². The van der Waals surface area contributed by atoms with Crippen LogP contribution in [0, 0.1) is 0 Å². The van der Waals surface area contributed by atoms with Crippen LogP contribution in [0.15, 0.2) is 97.1 Å². The van der Waals surface area contributed by atoms with E-state index in [-0.39, 0.29) is 0 Å². The molecule has 0 bridgehead atoms. The lowest BCUT2D eigenvalue weighted by molar-refractivity contribution is -0.380. The summed E-state index contributed by atoms with van der Waals surface area (Å²) in [6.07, 6.45) is 0.117. The fraction of sp³-hybridized carbons (Fsp3) is 0.235. The van der Waals surface area contributed by atoms with Crippen molar-refractivity contribution in [3.05, 3.63) is 119 Å².